The molecule has 0 fully saturated rings. The molecule has 1 aliphatic rings. The molecule has 0 saturated carbocycles. The number of fused-ring (bicyclic) bond motifs is 1. The molecule has 2 heterocycles. The Morgan fingerprint density at radius 1 is 0.558 bits per heavy atom. The minimum absolute atomic E-state index is 0.141. The Morgan fingerprint density at radius 3 is 1.85 bits per heavy atom. The highest BCUT2D eigenvalue weighted by Crippen LogP contribution is 2.37. The maximum atomic E-state index is 5.10. The molecule has 1 aliphatic carbocycles. The van der Waals surface area contributed by atoms with Gasteiger partial charge in [-0.15, -0.1) is 0 Å². The van der Waals surface area contributed by atoms with Gasteiger partial charge in [0.25, 0.3) is 0 Å². The van der Waals surface area contributed by atoms with Crippen LogP contribution in [0, 0.1) is 13.8 Å². The van der Waals surface area contributed by atoms with Gasteiger partial charge < -0.3 is 0 Å². The smallest absolute Gasteiger partial charge is 0.164 e. The summed E-state index contributed by atoms with van der Waals surface area (Å²) in [5, 5.41) is 2.41. The van der Waals surface area contributed by atoms with E-state index in [4.69, 9.17) is 15.0 Å². The van der Waals surface area contributed by atoms with E-state index in [0.29, 0.717) is 17.5 Å². The lowest BCUT2D eigenvalue weighted by Crippen LogP contribution is -2.03. The summed E-state index contributed by atoms with van der Waals surface area (Å²) in [5.41, 5.74) is 10.4. The average molecular weight is 672 g/mol. The van der Waals surface area contributed by atoms with Crippen LogP contribution in [0.25, 0.3) is 61.8 Å². The largest absolute Gasteiger partial charge is 0.261 e. The Balaban J connectivity index is 1.24. The van der Waals surface area contributed by atoms with E-state index >= 15 is 0 Å². The molecule has 250 valence electrons. The lowest BCUT2D eigenvalue weighted by atomic mass is 9.86. The van der Waals surface area contributed by atoms with Gasteiger partial charge in [-0.3, -0.25) is 9.97 Å². The van der Waals surface area contributed by atoms with Crippen LogP contribution in [0.1, 0.15) is 34.6 Å². The van der Waals surface area contributed by atoms with Crippen molar-refractivity contribution in [1.29, 1.82) is 0 Å². The van der Waals surface area contributed by atoms with Crippen molar-refractivity contribution in [2.75, 3.05) is 0 Å². The zero-order chi connectivity index (χ0) is 35.3. The number of hydrogen-bond donors (Lipinski definition) is 0. The number of aryl methyl sites for hydroxylation is 2. The summed E-state index contributed by atoms with van der Waals surface area (Å²) >= 11 is 0. The summed E-state index contributed by atoms with van der Waals surface area (Å²) in [7, 11) is 0. The first-order valence-electron chi connectivity index (χ1n) is 17.6. The van der Waals surface area contributed by atoms with Crippen LogP contribution in [-0.2, 0) is 0 Å². The van der Waals surface area contributed by atoms with E-state index in [9.17, 15) is 0 Å². The lowest BCUT2D eigenvalue weighted by Gasteiger charge is -2.19. The van der Waals surface area contributed by atoms with Gasteiger partial charge in [0.1, 0.15) is 0 Å². The maximum Gasteiger partial charge on any atom is 0.164 e. The third kappa shape index (κ3) is 7.16. The molecule has 52 heavy (non-hydrogen) atoms. The van der Waals surface area contributed by atoms with Gasteiger partial charge in [-0.05, 0) is 78.1 Å². The third-order valence-corrected chi connectivity index (χ3v) is 9.33. The van der Waals surface area contributed by atoms with Crippen LogP contribution in [0.5, 0.6) is 0 Å². The molecule has 0 spiro atoms. The zero-order valence-electron chi connectivity index (χ0n) is 29.2. The van der Waals surface area contributed by atoms with Gasteiger partial charge in [0, 0.05) is 40.6 Å². The van der Waals surface area contributed by atoms with Crippen molar-refractivity contribution in [2.24, 2.45) is 0 Å². The number of hydrogen-bond acceptors (Lipinski definition) is 5. The fourth-order valence-electron chi connectivity index (χ4n) is 6.72. The van der Waals surface area contributed by atoms with Crippen molar-refractivity contribution in [1.82, 2.24) is 24.9 Å². The van der Waals surface area contributed by atoms with E-state index in [1.165, 1.54) is 21.9 Å². The van der Waals surface area contributed by atoms with Gasteiger partial charge in [-0.2, -0.15) is 0 Å². The number of allylic oxidation sites excluding steroid dienone is 4. The van der Waals surface area contributed by atoms with Crippen LogP contribution in [0.3, 0.4) is 0 Å². The molecule has 0 saturated heterocycles. The summed E-state index contributed by atoms with van der Waals surface area (Å²) in [4.78, 5) is 24.2. The van der Waals surface area contributed by atoms with Crippen molar-refractivity contribution in [3.63, 3.8) is 0 Å². The summed E-state index contributed by atoms with van der Waals surface area (Å²) in [6.07, 6.45) is 13.0. The van der Waals surface area contributed by atoms with Gasteiger partial charge in [0.2, 0.25) is 0 Å². The standard InChI is InChI=1S/C47H37N5/c1-32-12-10-16-37(26-32)45-50-46(38-17-11-13-33(2)27-38)52-47(51-45)41-29-39(28-40(30-41)44-31-48-24-25-49-44)34-20-22-36(23-21-34)43-18-7-5-3-4-6-14-35-15-8-9-19-42(35)43/h3-20,22-31,34H,21H2,1-2H3. The van der Waals surface area contributed by atoms with Gasteiger partial charge >= 0.3 is 0 Å². The predicted molar refractivity (Wildman–Crippen MR) is 213 cm³/mol. The molecular weight excluding hydrogens is 635 g/mol. The third-order valence-electron chi connectivity index (χ3n) is 9.33. The molecule has 5 heteroatoms. The van der Waals surface area contributed by atoms with Crippen molar-refractivity contribution >= 4 is 16.3 Å². The summed E-state index contributed by atoms with van der Waals surface area (Å²) in [6.45, 7) is 4.17. The SMILES string of the molecule is Cc1cccc(-c2nc(-c3cccc(C)c3)nc(-c3cc(-c4cnccn4)cc(C4C=CC(c5cccccccc6ccccc56)=CC4)c3)n2)c1. The second-order valence-electron chi connectivity index (χ2n) is 13.1. The Hall–Kier alpha value is -6.59. The quantitative estimate of drug-likeness (QED) is 0.176. The predicted octanol–water partition coefficient (Wildman–Crippen LogP) is 11.4. The molecule has 0 bridgehead atoms. The molecule has 5 aromatic carbocycles. The first-order chi connectivity index (χ1) is 25.6. The Labute approximate surface area is 304 Å². The molecule has 7 aromatic rings. The first kappa shape index (κ1) is 32.6. The molecular formula is C47H37N5. The van der Waals surface area contributed by atoms with Crippen LogP contribution in [0.2, 0.25) is 0 Å². The molecule has 0 N–H and O–H groups in total. The van der Waals surface area contributed by atoms with E-state index < -0.39 is 0 Å². The summed E-state index contributed by atoms with van der Waals surface area (Å²) in [6, 6.07) is 46.5. The van der Waals surface area contributed by atoms with Gasteiger partial charge in [0.15, 0.2) is 17.5 Å². The highest BCUT2D eigenvalue weighted by atomic mass is 15.0. The van der Waals surface area contributed by atoms with Crippen molar-refractivity contribution in [2.45, 2.75) is 26.2 Å². The molecule has 1 unspecified atom stereocenters. The Bertz CT molecular complexity index is 2470. The van der Waals surface area contributed by atoms with E-state index in [2.05, 4.69) is 163 Å². The number of benzene rings is 4. The summed E-state index contributed by atoms with van der Waals surface area (Å²) < 4.78 is 0. The van der Waals surface area contributed by atoms with Crippen LogP contribution < -0.4 is 0 Å². The van der Waals surface area contributed by atoms with Crippen LogP contribution in [0.15, 0.2) is 170 Å². The zero-order valence-corrected chi connectivity index (χ0v) is 29.2. The van der Waals surface area contributed by atoms with E-state index in [1.54, 1.807) is 12.4 Å². The van der Waals surface area contributed by atoms with Crippen LogP contribution in [-0.4, -0.2) is 24.9 Å². The maximum absolute atomic E-state index is 5.10. The number of rotatable bonds is 6. The summed E-state index contributed by atoms with van der Waals surface area (Å²) in [5.74, 6) is 2.03. The second kappa shape index (κ2) is 14.7. The monoisotopic (exact) mass is 671 g/mol. The molecule has 0 amide bonds. The van der Waals surface area contributed by atoms with Gasteiger partial charge in [0.05, 0.1) is 11.9 Å². The minimum atomic E-state index is 0.141. The molecule has 0 aliphatic heterocycles. The fraction of sp³-hybridized carbons (Fsp3) is 0.0851. The molecule has 1 atom stereocenters. The molecule has 0 radical (unpaired) electrons. The van der Waals surface area contributed by atoms with Gasteiger partial charge in [-0.1, -0.05) is 132 Å². The number of aromatic nitrogens is 5. The average Bonchev–Trinajstić information content (AvgIpc) is 3.19. The van der Waals surface area contributed by atoms with Gasteiger partial charge in [-0.25, -0.2) is 15.0 Å². The second-order valence-corrected chi connectivity index (χ2v) is 13.1. The highest BCUT2D eigenvalue weighted by Gasteiger charge is 2.19. The van der Waals surface area contributed by atoms with Crippen molar-refractivity contribution in [3.05, 3.63) is 193 Å². The van der Waals surface area contributed by atoms with Crippen LogP contribution in [0.4, 0.5) is 0 Å². The fourth-order valence-corrected chi connectivity index (χ4v) is 6.72. The van der Waals surface area contributed by atoms with E-state index in [-0.39, 0.29) is 5.92 Å². The van der Waals surface area contributed by atoms with E-state index in [0.717, 1.165) is 51.1 Å². The van der Waals surface area contributed by atoms with Crippen LogP contribution >= 0.6 is 0 Å². The van der Waals surface area contributed by atoms with Crippen molar-refractivity contribution in [3.8, 4) is 45.4 Å². The Morgan fingerprint density at radius 2 is 1.19 bits per heavy atom. The normalized spacial score (nSPS) is 13.7. The topological polar surface area (TPSA) is 64.5 Å². The first-order valence-corrected chi connectivity index (χ1v) is 17.6. The Kier molecular flexibility index (Phi) is 9.23. The molecule has 5 nitrogen and oxygen atoms in total. The minimum Gasteiger partial charge on any atom is -0.261 e. The lowest BCUT2D eigenvalue weighted by molar-refractivity contribution is 0.857. The highest BCUT2D eigenvalue weighted by molar-refractivity contribution is 5.95. The van der Waals surface area contributed by atoms with Crippen molar-refractivity contribution < 1.29 is 0 Å². The molecule has 8 rings (SSSR count). The molecule has 2 aromatic heterocycles. The number of nitrogens with zero attached hydrogens (tertiary/aromatic N) is 5. The van der Waals surface area contributed by atoms with E-state index in [1.807, 2.05) is 18.3 Å².